The Morgan fingerprint density at radius 2 is 1.86 bits per heavy atom. The zero-order valence-electron chi connectivity index (χ0n) is 15.3. The first-order chi connectivity index (χ1) is 13.6. The van der Waals surface area contributed by atoms with Crippen molar-refractivity contribution in [2.24, 2.45) is 0 Å². The molecule has 0 aromatic heterocycles. The average Bonchev–Trinajstić information content (AvgIpc) is 2.91. The van der Waals surface area contributed by atoms with Crippen molar-refractivity contribution in [3.05, 3.63) is 62.5 Å². The van der Waals surface area contributed by atoms with E-state index in [4.69, 9.17) is 39.6 Å². The molecule has 1 fully saturated rings. The Kier molecular flexibility index (Phi) is 6.60. The van der Waals surface area contributed by atoms with Crippen molar-refractivity contribution >= 4 is 73.6 Å². The second-order valence-electron chi connectivity index (χ2n) is 6.08. The molecule has 5 nitrogen and oxygen atoms in total. The zero-order valence-corrected chi connectivity index (χ0v) is 19.3. The Morgan fingerprint density at radius 1 is 1.21 bits per heavy atom. The van der Waals surface area contributed by atoms with Crippen molar-refractivity contribution in [1.82, 2.24) is 4.90 Å². The van der Waals surface area contributed by atoms with Crippen molar-refractivity contribution in [1.29, 1.82) is 0 Å². The molecular formula is C19H15Cl2NO4S3. The Labute approximate surface area is 188 Å². The smallest absolute Gasteiger partial charge is 0.339 e. The number of carbonyl (C=O) groups excluding carboxylic acids is 1. The lowest BCUT2D eigenvalue weighted by Crippen LogP contribution is -2.27. The van der Waals surface area contributed by atoms with E-state index in [1.54, 1.807) is 12.1 Å². The molecule has 1 amide bonds. The van der Waals surface area contributed by atoms with E-state index in [2.05, 4.69) is 0 Å². The molecule has 0 N–H and O–H groups in total. The standard InChI is InChI=1S/C19H15Cl2NO4S3/c1-3-22-18(23)16(28-19(22)27)9-12-8-13(20)10-15(21)17(12)26-29(24,25)14-6-4-11(2)5-7-14/h4-10H,3H2,1-2H3/b16-9-. The van der Waals surface area contributed by atoms with Crippen LogP contribution in [0.3, 0.4) is 0 Å². The highest BCUT2D eigenvalue weighted by molar-refractivity contribution is 8.26. The summed E-state index contributed by atoms with van der Waals surface area (Å²) in [4.78, 5) is 14.3. The second kappa shape index (κ2) is 8.65. The van der Waals surface area contributed by atoms with Crippen LogP contribution in [0, 0.1) is 6.92 Å². The van der Waals surface area contributed by atoms with Gasteiger partial charge in [0.2, 0.25) is 0 Å². The Morgan fingerprint density at radius 3 is 2.45 bits per heavy atom. The molecule has 1 saturated heterocycles. The van der Waals surface area contributed by atoms with Crippen LogP contribution in [-0.4, -0.2) is 30.1 Å². The summed E-state index contributed by atoms with van der Waals surface area (Å²) in [6.07, 6.45) is 1.48. The molecule has 1 aliphatic rings. The molecule has 1 aliphatic heterocycles. The summed E-state index contributed by atoms with van der Waals surface area (Å²) in [6, 6.07) is 9.07. The van der Waals surface area contributed by atoms with E-state index in [1.165, 1.54) is 35.2 Å². The molecule has 3 rings (SSSR count). The number of aryl methyl sites for hydroxylation is 1. The molecule has 0 aliphatic carbocycles. The second-order valence-corrected chi connectivity index (χ2v) is 10.1. The van der Waals surface area contributed by atoms with Gasteiger partial charge in [-0.3, -0.25) is 9.69 Å². The minimum Gasteiger partial charge on any atom is -0.377 e. The summed E-state index contributed by atoms with van der Waals surface area (Å²) in [5.41, 5.74) is 1.17. The first kappa shape index (κ1) is 22.1. The highest BCUT2D eigenvalue weighted by Crippen LogP contribution is 2.39. The molecule has 10 heteroatoms. The van der Waals surface area contributed by atoms with Gasteiger partial charge in [0.1, 0.15) is 9.22 Å². The third-order valence-corrected chi connectivity index (χ3v) is 7.13. The van der Waals surface area contributed by atoms with Gasteiger partial charge in [0.05, 0.1) is 9.93 Å². The molecule has 0 spiro atoms. The van der Waals surface area contributed by atoms with Gasteiger partial charge in [-0.25, -0.2) is 0 Å². The third kappa shape index (κ3) is 4.78. The molecule has 0 unspecified atom stereocenters. The number of rotatable bonds is 5. The van der Waals surface area contributed by atoms with Crippen molar-refractivity contribution in [2.75, 3.05) is 6.54 Å². The molecule has 0 atom stereocenters. The summed E-state index contributed by atoms with van der Waals surface area (Å²) < 4.78 is 31.2. The Hall–Kier alpha value is -1.58. The number of benzene rings is 2. The maximum absolute atomic E-state index is 12.7. The van der Waals surface area contributed by atoms with Crippen LogP contribution < -0.4 is 4.18 Å². The predicted octanol–water partition coefficient (Wildman–Crippen LogP) is 5.29. The Bertz CT molecular complexity index is 1130. The fraction of sp³-hybridized carbons (Fsp3) is 0.158. The van der Waals surface area contributed by atoms with E-state index >= 15 is 0 Å². The third-order valence-electron chi connectivity index (χ3n) is 4.02. The van der Waals surface area contributed by atoms with Crippen LogP contribution in [0.25, 0.3) is 6.08 Å². The molecular weight excluding hydrogens is 473 g/mol. The number of halogens is 2. The maximum atomic E-state index is 12.7. The molecule has 1 heterocycles. The number of thiocarbonyl (C=S) groups is 1. The lowest BCUT2D eigenvalue weighted by atomic mass is 10.2. The predicted molar refractivity (Wildman–Crippen MR) is 121 cm³/mol. The van der Waals surface area contributed by atoms with Crippen LogP contribution in [0.1, 0.15) is 18.1 Å². The van der Waals surface area contributed by atoms with Gasteiger partial charge in [-0.1, -0.05) is 64.9 Å². The average molecular weight is 488 g/mol. The summed E-state index contributed by atoms with van der Waals surface area (Å²) in [7, 11) is -4.15. The van der Waals surface area contributed by atoms with Gasteiger partial charge in [0.15, 0.2) is 5.75 Å². The Balaban J connectivity index is 2.05. The number of carbonyl (C=O) groups is 1. The van der Waals surface area contributed by atoms with Gasteiger partial charge in [-0.15, -0.1) is 0 Å². The fourth-order valence-electron chi connectivity index (χ4n) is 2.55. The number of likely N-dealkylation sites (N-methyl/N-ethyl adjacent to an activating group) is 1. The maximum Gasteiger partial charge on any atom is 0.339 e. The fourth-order valence-corrected chi connectivity index (χ4v) is 5.49. The van der Waals surface area contributed by atoms with Crippen LogP contribution in [-0.2, 0) is 14.9 Å². The minimum atomic E-state index is -4.15. The topological polar surface area (TPSA) is 63.7 Å². The van der Waals surface area contributed by atoms with Gasteiger partial charge in [-0.2, -0.15) is 8.42 Å². The van der Waals surface area contributed by atoms with Crippen molar-refractivity contribution in [2.45, 2.75) is 18.7 Å². The number of nitrogens with zero attached hydrogens (tertiary/aromatic N) is 1. The highest BCUT2D eigenvalue weighted by atomic mass is 35.5. The van der Waals surface area contributed by atoms with Crippen LogP contribution in [0.5, 0.6) is 5.75 Å². The van der Waals surface area contributed by atoms with Gasteiger partial charge in [0, 0.05) is 17.1 Å². The van der Waals surface area contributed by atoms with E-state index in [9.17, 15) is 13.2 Å². The normalized spacial score (nSPS) is 16.0. The minimum absolute atomic E-state index is 0.00501. The molecule has 2 aromatic rings. The number of thioether (sulfide) groups is 1. The van der Waals surface area contributed by atoms with Crippen molar-refractivity contribution in [3.63, 3.8) is 0 Å². The van der Waals surface area contributed by atoms with Gasteiger partial charge in [0.25, 0.3) is 5.91 Å². The van der Waals surface area contributed by atoms with E-state index in [0.29, 0.717) is 15.8 Å². The van der Waals surface area contributed by atoms with E-state index < -0.39 is 10.1 Å². The molecule has 152 valence electrons. The highest BCUT2D eigenvalue weighted by Gasteiger charge is 2.31. The SMILES string of the molecule is CCN1C(=O)/C(=C/c2cc(Cl)cc(Cl)c2OS(=O)(=O)c2ccc(C)cc2)SC1=S. The van der Waals surface area contributed by atoms with Crippen LogP contribution >= 0.6 is 47.2 Å². The van der Waals surface area contributed by atoms with Crippen molar-refractivity contribution in [3.8, 4) is 5.75 Å². The molecule has 0 radical (unpaired) electrons. The zero-order chi connectivity index (χ0) is 21.3. The molecule has 0 bridgehead atoms. The van der Waals surface area contributed by atoms with E-state index in [0.717, 1.165) is 17.3 Å². The molecule has 29 heavy (non-hydrogen) atoms. The van der Waals surface area contributed by atoms with E-state index in [-0.39, 0.29) is 32.2 Å². The lowest BCUT2D eigenvalue weighted by Gasteiger charge is -2.13. The number of hydrogen-bond donors (Lipinski definition) is 0. The number of hydrogen-bond acceptors (Lipinski definition) is 6. The summed E-state index contributed by atoms with van der Waals surface area (Å²) in [5, 5.41) is 0.276. The summed E-state index contributed by atoms with van der Waals surface area (Å²) in [6.45, 7) is 4.09. The van der Waals surface area contributed by atoms with Crippen LogP contribution in [0.2, 0.25) is 10.0 Å². The monoisotopic (exact) mass is 487 g/mol. The number of amides is 1. The van der Waals surface area contributed by atoms with Crippen molar-refractivity contribution < 1.29 is 17.4 Å². The van der Waals surface area contributed by atoms with E-state index in [1.807, 2.05) is 13.8 Å². The quantitative estimate of drug-likeness (QED) is 0.324. The van der Waals surface area contributed by atoms with Crippen LogP contribution in [0.4, 0.5) is 0 Å². The summed E-state index contributed by atoms with van der Waals surface area (Å²) >= 11 is 18.6. The molecule has 2 aromatic carbocycles. The van der Waals surface area contributed by atoms with Crippen LogP contribution in [0.15, 0.2) is 46.2 Å². The van der Waals surface area contributed by atoms with Gasteiger partial charge < -0.3 is 4.18 Å². The van der Waals surface area contributed by atoms with Gasteiger partial charge in [-0.05, 0) is 44.2 Å². The lowest BCUT2D eigenvalue weighted by molar-refractivity contribution is -0.121. The largest absolute Gasteiger partial charge is 0.377 e. The summed E-state index contributed by atoms with van der Waals surface area (Å²) in [5.74, 6) is -0.385. The van der Waals surface area contributed by atoms with Gasteiger partial charge >= 0.3 is 10.1 Å². The molecule has 0 saturated carbocycles. The first-order valence-corrected chi connectivity index (χ1v) is 11.8. The first-order valence-electron chi connectivity index (χ1n) is 8.38.